The Balaban J connectivity index is 1.90. The van der Waals surface area contributed by atoms with Crippen LogP contribution < -0.4 is 0 Å². The van der Waals surface area contributed by atoms with Gasteiger partial charge in [-0.1, -0.05) is 12.1 Å². The highest BCUT2D eigenvalue weighted by Gasteiger charge is 2.13. The van der Waals surface area contributed by atoms with E-state index in [1.54, 1.807) is 30.8 Å². The van der Waals surface area contributed by atoms with Crippen LogP contribution in [0.15, 0.2) is 34.7 Å². The van der Waals surface area contributed by atoms with Crippen molar-refractivity contribution in [3.8, 4) is 0 Å². The van der Waals surface area contributed by atoms with Crippen LogP contribution in [0.4, 0.5) is 5.69 Å². The summed E-state index contributed by atoms with van der Waals surface area (Å²) >= 11 is 1.55. The summed E-state index contributed by atoms with van der Waals surface area (Å²) in [5.74, 6) is 1.22. The first-order valence-electron chi connectivity index (χ1n) is 6.11. The number of nitro groups is 1. The van der Waals surface area contributed by atoms with Crippen molar-refractivity contribution in [2.24, 2.45) is 0 Å². The molecule has 0 amide bonds. The van der Waals surface area contributed by atoms with Gasteiger partial charge >= 0.3 is 5.97 Å². The van der Waals surface area contributed by atoms with Gasteiger partial charge in [-0.2, -0.15) is 0 Å². The normalized spacial score (nSPS) is 10.5. The van der Waals surface area contributed by atoms with Crippen molar-refractivity contribution in [1.29, 1.82) is 0 Å². The number of hydrogen-bond donors (Lipinski definition) is 1. The Labute approximate surface area is 124 Å². The molecule has 110 valence electrons. The number of nitrogens with zero attached hydrogens (tertiary/aromatic N) is 1. The Morgan fingerprint density at radius 3 is 2.52 bits per heavy atom. The van der Waals surface area contributed by atoms with Crippen molar-refractivity contribution in [2.45, 2.75) is 18.4 Å². The fraction of sp³-hybridized carbons (Fsp3) is 0.214. The summed E-state index contributed by atoms with van der Waals surface area (Å²) in [4.78, 5) is 21.0. The molecule has 0 fully saturated rings. The predicted octanol–water partition coefficient (Wildman–Crippen LogP) is 3.63. The predicted molar refractivity (Wildman–Crippen MR) is 78.5 cm³/mol. The van der Waals surface area contributed by atoms with Crippen molar-refractivity contribution < 1.29 is 19.2 Å². The number of furan rings is 1. The zero-order valence-corrected chi connectivity index (χ0v) is 12.1. The molecule has 0 saturated heterocycles. The molecule has 1 aromatic carbocycles. The zero-order valence-electron chi connectivity index (χ0n) is 11.2. The molecule has 1 heterocycles. The summed E-state index contributed by atoms with van der Waals surface area (Å²) in [6.45, 7) is 1.62. The highest BCUT2D eigenvalue weighted by atomic mass is 32.2. The summed E-state index contributed by atoms with van der Waals surface area (Å²) in [5.41, 5.74) is 1.21. The molecule has 0 bridgehead atoms. The number of hydrogen-bond acceptors (Lipinski definition) is 5. The van der Waals surface area contributed by atoms with Gasteiger partial charge in [-0.05, 0) is 18.6 Å². The summed E-state index contributed by atoms with van der Waals surface area (Å²) in [5, 5.41) is 19.5. The number of carboxylic acids is 1. The molecule has 1 aromatic heterocycles. The van der Waals surface area contributed by atoms with Crippen LogP contribution in [-0.4, -0.2) is 16.0 Å². The van der Waals surface area contributed by atoms with Gasteiger partial charge in [0.1, 0.15) is 17.1 Å². The van der Waals surface area contributed by atoms with E-state index in [2.05, 4.69) is 0 Å². The third kappa shape index (κ3) is 3.85. The molecule has 0 spiro atoms. The SMILES string of the molecule is Cc1oc(CSCc2ccc([N+](=O)[O-])cc2)cc1C(=O)O. The van der Waals surface area contributed by atoms with Crippen molar-refractivity contribution in [2.75, 3.05) is 0 Å². The first-order chi connectivity index (χ1) is 9.97. The van der Waals surface area contributed by atoms with Crippen molar-refractivity contribution in [3.05, 3.63) is 63.1 Å². The minimum absolute atomic E-state index is 0.0662. The van der Waals surface area contributed by atoms with Gasteiger partial charge in [0.15, 0.2) is 0 Å². The molecule has 6 nitrogen and oxygen atoms in total. The van der Waals surface area contributed by atoms with E-state index in [0.717, 1.165) is 5.56 Å². The number of benzene rings is 1. The summed E-state index contributed by atoms with van der Waals surface area (Å²) in [7, 11) is 0. The lowest BCUT2D eigenvalue weighted by atomic mass is 10.2. The molecule has 0 aliphatic rings. The van der Waals surface area contributed by atoms with E-state index < -0.39 is 10.9 Å². The van der Waals surface area contributed by atoms with Crippen LogP contribution in [0.25, 0.3) is 0 Å². The van der Waals surface area contributed by atoms with Gasteiger partial charge in [0.25, 0.3) is 5.69 Å². The quantitative estimate of drug-likeness (QED) is 0.647. The number of nitro benzene ring substituents is 1. The lowest BCUT2D eigenvalue weighted by molar-refractivity contribution is -0.384. The van der Waals surface area contributed by atoms with Crippen molar-refractivity contribution in [1.82, 2.24) is 0 Å². The number of aryl methyl sites for hydroxylation is 1. The fourth-order valence-corrected chi connectivity index (χ4v) is 2.68. The van der Waals surface area contributed by atoms with E-state index in [0.29, 0.717) is 23.0 Å². The molecular weight excluding hydrogens is 294 g/mol. The van der Waals surface area contributed by atoms with Gasteiger partial charge in [0.05, 0.1) is 10.7 Å². The molecule has 7 heteroatoms. The molecule has 0 saturated carbocycles. The number of non-ortho nitro benzene ring substituents is 1. The van der Waals surface area contributed by atoms with Gasteiger partial charge in [-0.25, -0.2) is 4.79 Å². The second kappa shape index (κ2) is 6.45. The number of rotatable bonds is 6. The minimum Gasteiger partial charge on any atom is -0.478 e. The minimum atomic E-state index is -0.997. The number of aromatic carboxylic acids is 1. The first-order valence-corrected chi connectivity index (χ1v) is 7.26. The van der Waals surface area contributed by atoms with Crippen LogP contribution in [-0.2, 0) is 11.5 Å². The van der Waals surface area contributed by atoms with Gasteiger partial charge in [-0.15, -0.1) is 11.8 Å². The number of thioether (sulfide) groups is 1. The van der Waals surface area contributed by atoms with E-state index in [9.17, 15) is 14.9 Å². The molecule has 0 atom stereocenters. The van der Waals surface area contributed by atoms with Crippen molar-refractivity contribution >= 4 is 23.4 Å². The van der Waals surface area contributed by atoms with Gasteiger partial charge in [0.2, 0.25) is 0 Å². The average molecular weight is 307 g/mol. The summed E-state index contributed by atoms with van der Waals surface area (Å²) in [6, 6.07) is 7.88. The van der Waals surface area contributed by atoms with Crippen LogP contribution in [0, 0.1) is 17.0 Å². The molecule has 0 radical (unpaired) electrons. The van der Waals surface area contributed by atoms with Crippen LogP contribution in [0.3, 0.4) is 0 Å². The van der Waals surface area contributed by atoms with E-state index in [4.69, 9.17) is 9.52 Å². The monoisotopic (exact) mass is 307 g/mol. The van der Waals surface area contributed by atoms with E-state index in [-0.39, 0.29) is 11.3 Å². The van der Waals surface area contributed by atoms with Crippen LogP contribution in [0.1, 0.15) is 27.4 Å². The number of carboxylic acid groups (broad SMARTS) is 1. The Bertz CT molecular complexity index is 663. The Kier molecular flexibility index (Phi) is 4.64. The second-order valence-corrected chi connectivity index (χ2v) is 5.39. The molecular formula is C14H13NO5S. The first kappa shape index (κ1) is 15.1. The molecule has 0 unspecified atom stereocenters. The standard InChI is InChI=1S/C14H13NO5S/c1-9-13(14(16)17)6-12(20-9)8-21-7-10-2-4-11(5-3-10)15(18)19/h2-6H,7-8H2,1H3,(H,16,17). The lowest BCUT2D eigenvalue weighted by Gasteiger charge is -2.00. The van der Waals surface area contributed by atoms with Gasteiger partial charge in [0, 0.05) is 17.9 Å². The Hall–Kier alpha value is -2.28. The highest BCUT2D eigenvalue weighted by molar-refractivity contribution is 7.97. The third-order valence-electron chi connectivity index (χ3n) is 2.86. The largest absolute Gasteiger partial charge is 0.478 e. The fourth-order valence-electron chi connectivity index (χ4n) is 1.81. The summed E-state index contributed by atoms with van der Waals surface area (Å²) < 4.78 is 5.37. The summed E-state index contributed by atoms with van der Waals surface area (Å²) in [6.07, 6.45) is 0. The van der Waals surface area contributed by atoms with Crippen LogP contribution >= 0.6 is 11.8 Å². The molecule has 21 heavy (non-hydrogen) atoms. The second-order valence-electron chi connectivity index (χ2n) is 4.40. The topological polar surface area (TPSA) is 93.6 Å². The van der Waals surface area contributed by atoms with Gasteiger partial charge in [-0.3, -0.25) is 10.1 Å². The zero-order chi connectivity index (χ0) is 15.4. The maximum atomic E-state index is 10.9. The van der Waals surface area contributed by atoms with Crippen LogP contribution in [0.2, 0.25) is 0 Å². The Morgan fingerprint density at radius 1 is 1.33 bits per heavy atom. The van der Waals surface area contributed by atoms with E-state index in [1.807, 2.05) is 0 Å². The molecule has 2 aromatic rings. The molecule has 0 aliphatic carbocycles. The van der Waals surface area contributed by atoms with E-state index >= 15 is 0 Å². The van der Waals surface area contributed by atoms with Crippen molar-refractivity contribution in [3.63, 3.8) is 0 Å². The molecule has 2 rings (SSSR count). The molecule has 1 N–H and O–H groups in total. The average Bonchev–Trinajstić information content (AvgIpc) is 2.80. The smallest absolute Gasteiger partial charge is 0.339 e. The highest BCUT2D eigenvalue weighted by Crippen LogP contribution is 2.23. The number of carbonyl (C=O) groups is 1. The lowest BCUT2D eigenvalue weighted by Crippen LogP contribution is -1.94. The Morgan fingerprint density at radius 2 is 2.00 bits per heavy atom. The van der Waals surface area contributed by atoms with Gasteiger partial charge < -0.3 is 9.52 Å². The third-order valence-corrected chi connectivity index (χ3v) is 3.89. The van der Waals surface area contributed by atoms with E-state index in [1.165, 1.54) is 18.2 Å². The molecule has 0 aliphatic heterocycles. The maximum Gasteiger partial charge on any atom is 0.339 e. The van der Waals surface area contributed by atoms with Crippen LogP contribution in [0.5, 0.6) is 0 Å². The maximum absolute atomic E-state index is 10.9.